The molecule has 6 rings (SSSR count). The van der Waals surface area contributed by atoms with Crippen LogP contribution in [0.4, 0.5) is 10.7 Å². The van der Waals surface area contributed by atoms with E-state index in [-0.39, 0.29) is 25.4 Å². The van der Waals surface area contributed by atoms with E-state index in [4.69, 9.17) is 14.2 Å². The Hall–Kier alpha value is -4.88. The lowest BCUT2D eigenvalue weighted by Gasteiger charge is -2.40. The molecular weight excluding hydrogens is 636 g/mol. The highest BCUT2D eigenvalue weighted by atomic mass is 16.7. The molecule has 2 fully saturated rings. The summed E-state index contributed by atoms with van der Waals surface area (Å²) >= 11 is 0. The molecule has 3 aromatic carbocycles. The second-order valence-corrected chi connectivity index (χ2v) is 12.5. The van der Waals surface area contributed by atoms with Gasteiger partial charge in [0.05, 0.1) is 25.9 Å². The molecule has 2 saturated heterocycles. The van der Waals surface area contributed by atoms with Crippen LogP contribution in [0.2, 0.25) is 0 Å². The molecule has 2 amide bonds. The normalized spacial score (nSPS) is 20.1. The van der Waals surface area contributed by atoms with Gasteiger partial charge < -0.3 is 34.9 Å². The van der Waals surface area contributed by atoms with E-state index >= 15 is 0 Å². The van der Waals surface area contributed by atoms with E-state index in [1.165, 1.54) is 7.11 Å². The molecule has 4 atom stereocenters. The molecule has 0 spiro atoms. The lowest BCUT2D eigenvalue weighted by Crippen LogP contribution is -2.50. The maximum absolute atomic E-state index is 12.8. The summed E-state index contributed by atoms with van der Waals surface area (Å²) in [7, 11) is 1.31. The van der Waals surface area contributed by atoms with Crippen molar-refractivity contribution in [2.45, 2.75) is 50.5 Å². The molecule has 0 bridgehead atoms. The first-order valence-electron chi connectivity index (χ1n) is 17.0. The van der Waals surface area contributed by atoms with Crippen molar-refractivity contribution in [3.05, 3.63) is 125 Å². The van der Waals surface area contributed by atoms with Gasteiger partial charge in [-0.1, -0.05) is 78.9 Å². The number of ether oxygens (including phenoxy) is 3. The lowest BCUT2D eigenvalue weighted by molar-refractivity contribution is -0.253. The predicted octanol–water partition coefficient (Wildman–Crippen LogP) is 3.92. The van der Waals surface area contributed by atoms with E-state index < -0.39 is 24.3 Å². The highest BCUT2D eigenvalue weighted by molar-refractivity contribution is 5.83. The summed E-state index contributed by atoms with van der Waals surface area (Å²) in [5.41, 5.74) is 4.56. The molecule has 50 heavy (non-hydrogen) atoms. The van der Waals surface area contributed by atoms with Crippen LogP contribution in [0.25, 0.3) is 0 Å². The third-order valence-electron chi connectivity index (χ3n) is 9.06. The number of urea groups is 1. The summed E-state index contributed by atoms with van der Waals surface area (Å²) in [6.07, 6.45) is 3.73. The fourth-order valence-electron chi connectivity index (χ4n) is 6.28. The van der Waals surface area contributed by atoms with Crippen molar-refractivity contribution in [1.29, 1.82) is 0 Å². The molecule has 2 aliphatic heterocycles. The molecule has 2 aliphatic rings. The average molecular weight is 681 g/mol. The van der Waals surface area contributed by atoms with Crippen LogP contribution in [0.3, 0.4) is 0 Å². The van der Waals surface area contributed by atoms with Gasteiger partial charge in [-0.3, -0.25) is 4.90 Å². The van der Waals surface area contributed by atoms with Gasteiger partial charge in [0.15, 0.2) is 6.29 Å². The molecule has 0 radical (unpaired) electrons. The Bertz CT molecular complexity index is 1650. The van der Waals surface area contributed by atoms with Crippen LogP contribution in [0, 0.1) is 0 Å². The Balaban J connectivity index is 1.07. The maximum Gasteiger partial charge on any atom is 0.328 e. The second kappa shape index (κ2) is 17.2. The molecule has 0 aliphatic carbocycles. The van der Waals surface area contributed by atoms with E-state index in [1.807, 2.05) is 84.9 Å². The van der Waals surface area contributed by atoms with Gasteiger partial charge in [-0.05, 0) is 28.3 Å². The van der Waals surface area contributed by atoms with E-state index in [0.717, 1.165) is 66.5 Å². The SMILES string of the molecule is COC(=O)[C@H](Cc1ccccc1)NC(=O)NCc1ccc([C@@H]2O[C@H](CN3CCN(c4ncccn4)CC3)C[C@H](c3ccc(CO)cc3)O2)cc1. The first kappa shape index (κ1) is 35.0. The summed E-state index contributed by atoms with van der Waals surface area (Å²) < 4.78 is 18.0. The number of hydrogen-bond acceptors (Lipinski definition) is 10. The molecule has 0 saturated carbocycles. The standard InChI is InChI=1S/C38H44N6O6/c1-48-35(46)33(22-27-6-3-2-4-7-27)42-38(47)41-24-28-8-14-31(15-9-28)36-49-32(23-34(50-36)30-12-10-29(26-45)11-13-30)25-43-18-20-44(21-19-43)37-39-16-5-17-40-37/h2-17,32-34,36,45H,18-26H2,1H3,(H2,41,42,47)/t32-,33-,34+,36+/m0/s1. The van der Waals surface area contributed by atoms with Crippen molar-refractivity contribution >= 4 is 17.9 Å². The van der Waals surface area contributed by atoms with E-state index in [9.17, 15) is 14.7 Å². The van der Waals surface area contributed by atoms with Crippen LogP contribution < -0.4 is 15.5 Å². The highest BCUT2D eigenvalue weighted by Crippen LogP contribution is 2.38. The number of esters is 1. The number of nitrogens with zero attached hydrogens (tertiary/aromatic N) is 4. The number of piperazine rings is 1. The minimum Gasteiger partial charge on any atom is -0.467 e. The van der Waals surface area contributed by atoms with E-state index in [1.54, 1.807) is 12.4 Å². The van der Waals surface area contributed by atoms with Gasteiger partial charge in [0.25, 0.3) is 0 Å². The first-order valence-corrected chi connectivity index (χ1v) is 17.0. The number of methoxy groups -OCH3 is 1. The number of aromatic nitrogens is 2. The van der Waals surface area contributed by atoms with Crippen LogP contribution in [-0.2, 0) is 38.6 Å². The van der Waals surface area contributed by atoms with Gasteiger partial charge in [0.1, 0.15) is 6.04 Å². The second-order valence-electron chi connectivity index (χ2n) is 12.5. The highest BCUT2D eigenvalue weighted by Gasteiger charge is 2.34. The van der Waals surface area contributed by atoms with Crippen molar-refractivity contribution in [3.8, 4) is 0 Å². The topological polar surface area (TPSA) is 138 Å². The fraction of sp³-hybridized carbons (Fsp3) is 0.368. The van der Waals surface area contributed by atoms with Gasteiger partial charge >= 0.3 is 12.0 Å². The van der Waals surface area contributed by atoms with Gasteiger partial charge in [0, 0.05) is 70.1 Å². The number of aliphatic hydroxyl groups is 1. The zero-order valence-corrected chi connectivity index (χ0v) is 28.2. The quantitative estimate of drug-likeness (QED) is 0.189. The zero-order valence-electron chi connectivity index (χ0n) is 28.2. The minimum absolute atomic E-state index is 0.0113. The summed E-state index contributed by atoms with van der Waals surface area (Å²) in [4.78, 5) is 38.5. The number of carbonyl (C=O) groups excluding carboxylic acids is 2. The minimum atomic E-state index is -0.812. The third-order valence-corrected chi connectivity index (χ3v) is 9.06. The molecular formula is C38H44N6O6. The monoisotopic (exact) mass is 680 g/mol. The van der Waals surface area contributed by atoms with Crippen LogP contribution in [0.1, 0.15) is 46.6 Å². The first-order chi connectivity index (χ1) is 24.5. The Kier molecular flexibility index (Phi) is 12.0. The van der Waals surface area contributed by atoms with Crippen molar-refractivity contribution in [1.82, 2.24) is 25.5 Å². The van der Waals surface area contributed by atoms with Crippen molar-refractivity contribution < 1.29 is 28.9 Å². The molecule has 3 heterocycles. The number of benzene rings is 3. The van der Waals surface area contributed by atoms with Crippen molar-refractivity contribution in [2.75, 3.05) is 44.7 Å². The molecule has 12 heteroatoms. The average Bonchev–Trinajstić information content (AvgIpc) is 3.17. The number of anilines is 1. The largest absolute Gasteiger partial charge is 0.467 e. The summed E-state index contributed by atoms with van der Waals surface area (Å²) in [5, 5.41) is 15.1. The zero-order chi connectivity index (χ0) is 34.7. The molecule has 4 aromatic rings. The fourth-order valence-corrected chi connectivity index (χ4v) is 6.28. The molecule has 3 N–H and O–H groups in total. The smallest absolute Gasteiger partial charge is 0.328 e. The summed E-state index contributed by atoms with van der Waals surface area (Å²) in [5.74, 6) is 0.250. The molecule has 0 unspecified atom stereocenters. The van der Waals surface area contributed by atoms with Gasteiger partial charge in [0.2, 0.25) is 5.95 Å². The van der Waals surface area contributed by atoms with Gasteiger partial charge in [-0.2, -0.15) is 0 Å². The summed E-state index contributed by atoms with van der Waals surface area (Å²) in [6.45, 7) is 4.45. The molecule has 12 nitrogen and oxygen atoms in total. The Morgan fingerprint density at radius 1 is 0.860 bits per heavy atom. The van der Waals surface area contributed by atoms with Gasteiger partial charge in [-0.15, -0.1) is 0 Å². The van der Waals surface area contributed by atoms with E-state index in [2.05, 4.69) is 30.4 Å². The number of rotatable bonds is 12. The number of carbonyl (C=O) groups is 2. The number of aliphatic hydroxyl groups excluding tert-OH is 1. The van der Waals surface area contributed by atoms with Crippen LogP contribution in [-0.4, -0.2) is 84.0 Å². The number of hydrogen-bond donors (Lipinski definition) is 3. The Morgan fingerprint density at radius 2 is 1.54 bits per heavy atom. The van der Waals surface area contributed by atoms with Crippen molar-refractivity contribution in [3.63, 3.8) is 0 Å². The van der Waals surface area contributed by atoms with E-state index in [0.29, 0.717) is 12.8 Å². The molecule has 1 aromatic heterocycles. The molecule has 262 valence electrons. The van der Waals surface area contributed by atoms with Crippen LogP contribution in [0.15, 0.2) is 97.3 Å². The predicted molar refractivity (Wildman–Crippen MR) is 187 cm³/mol. The number of nitrogens with one attached hydrogen (secondary N) is 2. The van der Waals surface area contributed by atoms with Crippen LogP contribution >= 0.6 is 0 Å². The Labute approximate surface area is 292 Å². The summed E-state index contributed by atoms with van der Waals surface area (Å²) in [6, 6.07) is 25.7. The van der Waals surface area contributed by atoms with Gasteiger partial charge in [-0.25, -0.2) is 19.6 Å². The Morgan fingerprint density at radius 3 is 2.22 bits per heavy atom. The third kappa shape index (κ3) is 9.42. The maximum atomic E-state index is 12.8. The van der Waals surface area contributed by atoms with Crippen LogP contribution in [0.5, 0.6) is 0 Å². The number of amides is 2. The van der Waals surface area contributed by atoms with Crippen molar-refractivity contribution in [2.24, 2.45) is 0 Å². The lowest BCUT2D eigenvalue weighted by atomic mass is 9.99.